The normalized spacial score (nSPS) is 23.8. The maximum absolute atomic E-state index is 6.45. The second kappa shape index (κ2) is 6.21. The lowest BCUT2D eigenvalue weighted by molar-refractivity contribution is 0.519. The van der Waals surface area contributed by atoms with Crippen LogP contribution in [0.3, 0.4) is 0 Å². The molecule has 0 amide bonds. The minimum Gasteiger partial charge on any atom is -0.322 e. The number of nitrogens with zero attached hydrogens (tertiary/aromatic N) is 2. The summed E-state index contributed by atoms with van der Waals surface area (Å²) in [4.78, 5) is 4.83. The highest BCUT2D eigenvalue weighted by molar-refractivity contribution is 7.99. The van der Waals surface area contributed by atoms with Crippen LogP contribution in [0, 0.1) is 6.92 Å². The van der Waals surface area contributed by atoms with Crippen molar-refractivity contribution in [2.24, 2.45) is 0 Å². The van der Waals surface area contributed by atoms with Gasteiger partial charge in [-0.25, -0.2) is 4.98 Å². The van der Waals surface area contributed by atoms with Crippen LogP contribution in [0.5, 0.6) is 0 Å². The van der Waals surface area contributed by atoms with Gasteiger partial charge in [0, 0.05) is 11.3 Å². The summed E-state index contributed by atoms with van der Waals surface area (Å²) in [7, 11) is 0. The molecule has 2 aromatic rings. The van der Waals surface area contributed by atoms with Crippen LogP contribution >= 0.6 is 23.4 Å². The van der Waals surface area contributed by atoms with Gasteiger partial charge in [-0.3, -0.25) is 0 Å². The largest absolute Gasteiger partial charge is 0.322 e. The van der Waals surface area contributed by atoms with Crippen molar-refractivity contribution >= 4 is 34.4 Å². The molecule has 1 saturated carbocycles. The van der Waals surface area contributed by atoms with E-state index in [1.165, 1.54) is 36.1 Å². The molecule has 1 aliphatic rings. The van der Waals surface area contributed by atoms with Crippen molar-refractivity contribution in [2.45, 2.75) is 56.7 Å². The van der Waals surface area contributed by atoms with E-state index in [4.69, 9.17) is 16.6 Å². The maximum Gasteiger partial charge on any atom is 0.128 e. The van der Waals surface area contributed by atoms with Crippen LogP contribution in [0.2, 0.25) is 0 Å². The van der Waals surface area contributed by atoms with Crippen LogP contribution in [0.25, 0.3) is 11.0 Å². The Labute approximate surface area is 136 Å². The molecule has 3 unspecified atom stereocenters. The first-order chi connectivity index (χ1) is 10.1. The summed E-state index contributed by atoms with van der Waals surface area (Å²) in [6.07, 6.45) is 3.86. The third-order valence-electron chi connectivity index (χ3n) is 4.43. The quantitative estimate of drug-likeness (QED) is 0.692. The minimum atomic E-state index is -0.0512. The third-order valence-corrected chi connectivity index (χ3v) is 5.93. The minimum absolute atomic E-state index is 0.0512. The fourth-order valence-electron chi connectivity index (χ4n) is 3.57. The molecule has 0 radical (unpaired) electrons. The highest BCUT2D eigenvalue weighted by atomic mass is 35.5. The van der Waals surface area contributed by atoms with Gasteiger partial charge in [-0.1, -0.05) is 25.5 Å². The number of thioether (sulfide) groups is 1. The molecule has 2 nitrogen and oxygen atoms in total. The zero-order chi connectivity index (χ0) is 15.0. The molecule has 1 aromatic heterocycles. The zero-order valence-corrected chi connectivity index (χ0v) is 14.5. The maximum atomic E-state index is 6.45. The summed E-state index contributed by atoms with van der Waals surface area (Å²) >= 11 is 8.53. The number of rotatable bonds is 4. The summed E-state index contributed by atoms with van der Waals surface area (Å²) in [6, 6.07) is 6.92. The molecule has 1 aliphatic carbocycles. The first-order valence-electron chi connectivity index (χ1n) is 7.86. The monoisotopic (exact) mass is 322 g/mol. The van der Waals surface area contributed by atoms with E-state index in [9.17, 15) is 0 Å². The molecule has 0 aliphatic heterocycles. The van der Waals surface area contributed by atoms with Crippen molar-refractivity contribution in [1.82, 2.24) is 9.55 Å². The van der Waals surface area contributed by atoms with Gasteiger partial charge in [0.25, 0.3) is 0 Å². The molecule has 1 heterocycles. The van der Waals surface area contributed by atoms with Crippen molar-refractivity contribution in [3.8, 4) is 0 Å². The van der Waals surface area contributed by atoms with E-state index >= 15 is 0 Å². The SMILES string of the molecule is CCSC1CCCC1n1c(C(C)Cl)nc2cccc(C)c21. The molecule has 0 saturated heterocycles. The lowest BCUT2D eigenvalue weighted by atomic mass is 10.1. The molecular formula is C17H23ClN2S. The fraction of sp³-hybridized carbons (Fsp3) is 0.588. The van der Waals surface area contributed by atoms with E-state index in [0.717, 1.165) is 11.3 Å². The molecular weight excluding hydrogens is 300 g/mol. The standard InChI is InChI=1S/C17H23ClN2S/c1-4-21-15-10-6-9-14(15)20-16-11(2)7-5-8-13(16)19-17(20)12(3)18/h5,7-8,12,14-15H,4,6,9-10H2,1-3H3. The van der Waals surface area contributed by atoms with Crippen LogP contribution in [-0.2, 0) is 0 Å². The van der Waals surface area contributed by atoms with Gasteiger partial charge in [0.2, 0.25) is 0 Å². The molecule has 0 N–H and O–H groups in total. The van der Waals surface area contributed by atoms with Crippen LogP contribution in [-0.4, -0.2) is 20.6 Å². The Morgan fingerprint density at radius 2 is 2.24 bits per heavy atom. The van der Waals surface area contributed by atoms with E-state index in [1.807, 2.05) is 6.92 Å². The molecule has 0 spiro atoms. The number of hydrogen-bond donors (Lipinski definition) is 0. The van der Waals surface area contributed by atoms with Crippen molar-refractivity contribution in [3.63, 3.8) is 0 Å². The lowest BCUT2D eigenvalue weighted by Gasteiger charge is -2.24. The second-order valence-electron chi connectivity index (χ2n) is 5.89. The number of imidazole rings is 1. The van der Waals surface area contributed by atoms with Gasteiger partial charge >= 0.3 is 0 Å². The topological polar surface area (TPSA) is 17.8 Å². The van der Waals surface area contributed by atoms with Gasteiger partial charge in [-0.2, -0.15) is 11.8 Å². The lowest BCUT2D eigenvalue weighted by Crippen LogP contribution is -2.19. The van der Waals surface area contributed by atoms with Crippen molar-refractivity contribution < 1.29 is 0 Å². The Hall–Kier alpha value is -0.670. The number of benzene rings is 1. The Kier molecular flexibility index (Phi) is 4.51. The number of hydrogen-bond acceptors (Lipinski definition) is 2. The van der Waals surface area contributed by atoms with E-state index < -0.39 is 0 Å². The van der Waals surface area contributed by atoms with Crippen LogP contribution in [0.15, 0.2) is 18.2 Å². The predicted molar refractivity (Wildman–Crippen MR) is 93.5 cm³/mol. The van der Waals surface area contributed by atoms with E-state index in [1.54, 1.807) is 0 Å². The fourth-order valence-corrected chi connectivity index (χ4v) is 4.96. The Morgan fingerprint density at radius 3 is 2.95 bits per heavy atom. The van der Waals surface area contributed by atoms with Gasteiger partial charge < -0.3 is 4.57 Å². The molecule has 4 heteroatoms. The van der Waals surface area contributed by atoms with Crippen LogP contribution < -0.4 is 0 Å². The number of para-hydroxylation sites is 1. The highest BCUT2D eigenvalue weighted by Crippen LogP contribution is 2.42. The van der Waals surface area contributed by atoms with Gasteiger partial charge in [0.05, 0.1) is 16.4 Å². The number of halogens is 1. The van der Waals surface area contributed by atoms with Crippen LogP contribution in [0.4, 0.5) is 0 Å². The third kappa shape index (κ3) is 2.70. The highest BCUT2D eigenvalue weighted by Gasteiger charge is 2.32. The molecule has 114 valence electrons. The Balaban J connectivity index is 2.17. The first kappa shape index (κ1) is 15.2. The number of alkyl halides is 1. The second-order valence-corrected chi connectivity index (χ2v) is 8.06. The van der Waals surface area contributed by atoms with Gasteiger partial charge in [0.15, 0.2) is 0 Å². The first-order valence-corrected chi connectivity index (χ1v) is 9.35. The zero-order valence-electron chi connectivity index (χ0n) is 13.0. The molecule has 0 bridgehead atoms. The molecule has 3 atom stereocenters. The Bertz CT molecular complexity index is 635. The molecule has 1 aromatic carbocycles. The van der Waals surface area contributed by atoms with E-state index in [2.05, 4.69) is 48.4 Å². The van der Waals surface area contributed by atoms with Gasteiger partial charge in [-0.05, 0) is 44.1 Å². The Morgan fingerprint density at radius 1 is 1.43 bits per heavy atom. The molecule has 1 fully saturated rings. The van der Waals surface area contributed by atoms with Crippen LogP contribution in [0.1, 0.15) is 55.9 Å². The predicted octanol–water partition coefficient (Wildman–Crippen LogP) is 5.49. The van der Waals surface area contributed by atoms with Crippen molar-refractivity contribution in [1.29, 1.82) is 0 Å². The summed E-state index contributed by atoms with van der Waals surface area (Å²) in [6.45, 7) is 6.47. The number of aromatic nitrogens is 2. The summed E-state index contributed by atoms with van der Waals surface area (Å²) in [5.41, 5.74) is 3.67. The number of fused-ring (bicyclic) bond motifs is 1. The summed E-state index contributed by atoms with van der Waals surface area (Å²) in [5.74, 6) is 2.22. The summed E-state index contributed by atoms with van der Waals surface area (Å²) < 4.78 is 2.46. The van der Waals surface area contributed by atoms with Crippen molar-refractivity contribution in [2.75, 3.05) is 5.75 Å². The smallest absolute Gasteiger partial charge is 0.128 e. The van der Waals surface area contributed by atoms with Gasteiger partial charge in [-0.15, -0.1) is 11.6 Å². The van der Waals surface area contributed by atoms with E-state index in [0.29, 0.717) is 11.3 Å². The molecule has 21 heavy (non-hydrogen) atoms. The average molecular weight is 323 g/mol. The van der Waals surface area contributed by atoms with Crippen molar-refractivity contribution in [3.05, 3.63) is 29.6 Å². The summed E-state index contributed by atoms with van der Waals surface area (Å²) in [5, 5.41) is 0.644. The van der Waals surface area contributed by atoms with E-state index in [-0.39, 0.29) is 5.38 Å². The number of aryl methyl sites for hydroxylation is 1. The van der Waals surface area contributed by atoms with Gasteiger partial charge in [0.1, 0.15) is 5.82 Å². The average Bonchev–Trinajstić information content (AvgIpc) is 3.03. The molecule has 3 rings (SSSR count).